The van der Waals surface area contributed by atoms with E-state index in [1.807, 2.05) is 21.7 Å². The fourth-order valence-corrected chi connectivity index (χ4v) is 3.56. The molecule has 13 heteroatoms. The van der Waals surface area contributed by atoms with Crippen LogP contribution < -0.4 is 5.32 Å². The topological polar surface area (TPSA) is 146 Å². The van der Waals surface area contributed by atoms with E-state index in [0.717, 1.165) is 5.56 Å². The van der Waals surface area contributed by atoms with Gasteiger partial charge in [-0.2, -0.15) is 16.3 Å². The maximum atomic E-state index is 13.1. The molecule has 10 nitrogen and oxygen atoms in total. The van der Waals surface area contributed by atoms with Crippen LogP contribution in [0, 0.1) is 5.82 Å². The number of likely N-dealkylation sites (tertiary alicyclic amines) is 1. The quantitative estimate of drug-likeness (QED) is 0.467. The molecule has 0 spiro atoms. The summed E-state index contributed by atoms with van der Waals surface area (Å²) >= 11 is 7.29. The largest absolute Gasteiger partial charge is 0.473 e. The summed E-state index contributed by atoms with van der Waals surface area (Å²) in [5.41, 5.74) is 1.41. The zero-order chi connectivity index (χ0) is 23.3. The molecule has 0 radical (unpaired) electrons. The number of aromatic nitrogens is 2. The van der Waals surface area contributed by atoms with Crippen molar-refractivity contribution < 1.29 is 33.5 Å². The molecule has 1 fully saturated rings. The molecule has 1 saturated heterocycles. The highest BCUT2D eigenvalue weighted by Gasteiger charge is 2.33. The first-order valence-electron chi connectivity index (χ1n) is 9.02. The molecule has 0 saturated carbocycles. The van der Waals surface area contributed by atoms with Crippen molar-refractivity contribution in [1.29, 1.82) is 0 Å². The van der Waals surface area contributed by atoms with Crippen molar-refractivity contribution in [2.45, 2.75) is 5.92 Å². The number of hydrogen-bond acceptors (Lipinski definition) is 8. The van der Waals surface area contributed by atoms with Crippen molar-refractivity contribution in [3.05, 3.63) is 51.8 Å². The van der Waals surface area contributed by atoms with E-state index in [0.29, 0.717) is 30.5 Å². The number of nitrogens with zero attached hydrogens (tertiary/aromatic N) is 3. The molecule has 3 heterocycles. The zero-order valence-corrected chi connectivity index (χ0v) is 17.8. The van der Waals surface area contributed by atoms with E-state index < -0.39 is 17.8 Å². The Labute approximate surface area is 189 Å². The second kappa shape index (κ2) is 10.3. The molecule has 1 aliphatic heterocycles. The molecule has 1 aliphatic rings. The van der Waals surface area contributed by atoms with Crippen LogP contribution in [0.15, 0.2) is 39.5 Å². The number of carboxylic acid groups (broad SMARTS) is 2. The van der Waals surface area contributed by atoms with Gasteiger partial charge in [-0.15, -0.1) is 0 Å². The Morgan fingerprint density at radius 1 is 1.25 bits per heavy atom. The van der Waals surface area contributed by atoms with Crippen molar-refractivity contribution in [2.24, 2.45) is 0 Å². The van der Waals surface area contributed by atoms with Crippen LogP contribution in [0.1, 0.15) is 11.8 Å². The van der Waals surface area contributed by atoms with Gasteiger partial charge in [0, 0.05) is 29.7 Å². The molecule has 3 N–H and O–H groups in total. The molecule has 4 rings (SSSR count). The molecular weight excluding hydrogens is 467 g/mol. The van der Waals surface area contributed by atoms with Crippen LogP contribution in [0.3, 0.4) is 0 Å². The Hall–Kier alpha value is -3.35. The number of carbonyl (C=O) groups excluding carboxylic acids is 1. The summed E-state index contributed by atoms with van der Waals surface area (Å²) in [6, 6.07) is 6.03. The highest BCUT2D eigenvalue weighted by atomic mass is 35.5. The molecule has 3 aromatic rings. The number of nitrogens with one attached hydrogen (secondary N) is 1. The smallest absolute Gasteiger partial charge is 0.414 e. The van der Waals surface area contributed by atoms with Crippen molar-refractivity contribution in [1.82, 2.24) is 15.0 Å². The van der Waals surface area contributed by atoms with Crippen LogP contribution in [0.5, 0.6) is 0 Å². The summed E-state index contributed by atoms with van der Waals surface area (Å²) in [6.45, 7) is 1.57. The molecule has 0 unspecified atom stereocenters. The van der Waals surface area contributed by atoms with Gasteiger partial charge in [0.1, 0.15) is 5.82 Å². The van der Waals surface area contributed by atoms with E-state index in [9.17, 15) is 9.18 Å². The van der Waals surface area contributed by atoms with Gasteiger partial charge in [0.25, 0.3) is 0 Å². The number of amides is 1. The highest BCUT2D eigenvalue weighted by Crippen LogP contribution is 2.28. The number of aliphatic carboxylic acids is 2. The molecule has 0 bridgehead atoms. The van der Waals surface area contributed by atoms with Crippen molar-refractivity contribution in [2.75, 3.05) is 25.0 Å². The predicted octanol–water partition coefficient (Wildman–Crippen LogP) is 2.78. The number of benzene rings is 1. The predicted molar refractivity (Wildman–Crippen MR) is 112 cm³/mol. The number of halogens is 2. The molecule has 168 valence electrons. The van der Waals surface area contributed by atoms with Gasteiger partial charge < -0.3 is 20.1 Å². The van der Waals surface area contributed by atoms with Crippen molar-refractivity contribution >= 4 is 46.5 Å². The van der Waals surface area contributed by atoms with E-state index in [2.05, 4.69) is 15.5 Å². The lowest BCUT2D eigenvalue weighted by atomic mass is 10.0. The second-order valence-corrected chi connectivity index (χ2v) is 7.83. The number of anilines is 1. The van der Waals surface area contributed by atoms with Crippen molar-refractivity contribution in [3.8, 4) is 11.4 Å². The fourth-order valence-electron chi connectivity index (χ4n) is 2.74. The van der Waals surface area contributed by atoms with Crippen LogP contribution in [-0.2, 0) is 14.4 Å². The Morgan fingerprint density at radius 2 is 1.97 bits per heavy atom. The first-order valence-corrected chi connectivity index (χ1v) is 10.3. The standard InChI is InChI=1S/C17H14ClFN4O2S.C2H2O4/c18-13-5-12(1-2-14(13)19)20-15(24)8-23-6-11(7-23)17-21-16(22-25-17)10-3-4-26-9-10;3-1(4)2(5)6/h1-5,9,11H,6-8H2,(H,20,24);(H,3,4)(H,5,6). The van der Waals surface area contributed by atoms with Gasteiger partial charge in [0.15, 0.2) is 0 Å². The monoisotopic (exact) mass is 482 g/mol. The summed E-state index contributed by atoms with van der Waals surface area (Å²) < 4.78 is 18.5. The zero-order valence-electron chi connectivity index (χ0n) is 16.2. The van der Waals surface area contributed by atoms with Crippen molar-refractivity contribution in [3.63, 3.8) is 0 Å². The molecule has 1 amide bonds. The van der Waals surface area contributed by atoms with Crippen LogP contribution >= 0.6 is 22.9 Å². The summed E-state index contributed by atoms with van der Waals surface area (Å²) in [4.78, 5) is 36.7. The van der Waals surface area contributed by atoms with E-state index in [4.69, 9.17) is 35.9 Å². The number of carbonyl (C=O) groups is 3. The van der Waals surface area contributed by atoms with Crippen LogP contribution in [0.25, 0.3) is 11.4 Å². The minimum Gasteiger partial charge on any atom is -0.473 e. The lowest BCUT2D eigenvalue weighted by molar-refractivity contribution is -0.159. The molecular formula is C19H16ClFN4O6S. The van der Waals surface area contributed by atoms with Gasteiger partial charge in [0.2, 0.25) is 17.6 Å². The summed E-state index contributed by atoms with van der Waals surface area (Å²) in [6.07, 6.45) is 0. The average Bonchev–Trinajstić information content (AvgIpc) is 3.39. The first kappa shape index (κ1) is 23.3. The fraction of sp³-hybridized carbons (Fsp3) is 0.211. The third-order valence-electron chi connectivity index (χ3n) is 4.28. The summed E-state index contributed by atoms with van der Waals surface area (Å²) in [5.74, 6) is -3.04. The third kappa shape index (κ3) is 6.09. The Kier molecular flexibility index (Phi) is 7.51. The second-order valence-electron chi connectivity index (χ2n) is 6.65. The van der Waals surface area contributed by atoms with Gasteiger partial charge in [-0.25, -0.2) is 14.0 Å². The SMILES string of the molecule is O=C(CN1CC(c2nc(-c3ccsc3)no2)C1)Nc1ccc(F)c(Cl)c1.O=C(O)C(=O)O. The molecule has 0 atom stereocenters. The van der Waals surface area contributed by atoms with Gasteiger partial charge >= 0.3 is 11.9 Å². The van der Waals surface area contributed by atoms with Gasteiger partial charge in [-0.3, -0.25) is 9.69 Å². The van der Waals surface area contributed by atoms with Crippen LogP contribution in [0.2, 0.25) is 5.02 Å². The normalized spacial score (nSPS) is 13.6. The Bertz CT molecular complexity index is 1100. The van der Waals surface area contributed by atoms with Gasteiger partial charge in [0.05, 0.1) is 17.5 Å². The van der Waals surface area contributed by atoms with E-state index >= 15 is 0 Å². The third-order valence-corrected chi connectivity index (χ3v) is 5.25. The first-order chi connectivity index (χ1) is 15.2. The summed E-state index contributed by atoms with van der Waals surface area (Å²) in [7, 11) is 0. The minimum atomic E-state index is -1.82. The van der Waals surface area contributed by atoms with E-state index in [1.54, 1.807) is 11.3 Å². The number of thiophene rings is 1. The number of hydrogen-bond donors (Lipinski definition) is 3. The maximum Gasteiger partial charge on any atom is 0.414 e. The summed E-state index contributed by atoms with van der Waals surface area (Å²) in [5, 5.41) is 25.4. The van der Waals surface area contributed by atoms with Crippen LogP contribution in [0.4, 0.5) is 10.1 Å². The van der Waals surface area contributed by atoms with E-state index in [1.165, 1.54) is 18.2 Å². The molecule has 2 aromatic heterocycles. The molecule has 1 aromatic carbocycles. The Morgan fingerprint density at radius 3 is 2.56 bits per heavy atom. The Balaban J connectivity index is 0.000000427. The lowest BCUT2D eigenvalue weighted by Gasteiger charge is -2.36. The molecule has 32 heavy (non-hydrogen) atoms. The number of carboxylic acids is 2. The minimum absolute atomic E-state index is 0.0235. The maximum absolute atomic E-state index is 13.1. The highest BCUT2D eigenvalue weighted by molar-refractivity contribution is 7.08. The molecule has 0 aliphatic carbocycles. The lowest BCUT2D eigenvalue weighted by Crippen LogP contribution is -2.48. The van der Waals surface area contributed by atoms with E-state index in [-0.39, 0.29) is 23.4 Å². The van der Waals surface area contributed by atoms with Gasteiger partial charge in [-0.05, 0) is 29.6 Å². The van der Waals surface area contributed by atoms with Gasteiger partial charge in [-0.1, -0.05) is 16.8 Å². The number of rotatable bonds is 5. The average molecular weight is 483 g/mol. The van der Waals surface area contributed by atoms with Crippen LogP contribution in [-0.4, -0.2) is 62.7 Å².